The number of aromatic nitrogens is 2. The summed E-state index contributed by atoms with van der Waals surface area (Å²) < 4.78 is 16.0. The molecule has 1 heterocycles. The molecule has 0 unspecified atom stereocenters. The quantitative estimate of drug-likeness (QED) is 0.643. The zero-order valence-electron chi connectivity index (χ0n) is 16.2. The van der Waals surface area contributed by atoms with Crippen LogP contribution in [0.4, 0.5) is 6.01 Å². The summed E-state index contributed by atoms with van der Waals surface area (Å²) in [5.41, 5.74) is 3.08. The number of carbonyl (C=O) groups excluding carboxylic acids is 1. The molecule has 1 N–H and O–H groups in total. The molecule has 3 aromatic rings. The van der Waals surface area contributed by atoms with Crippen LogP contribution in [0.2, 0.25) is 0 Å². The van der Waals surface area contributed by atoms with Gasteiger partial charge in [-0.05, 0) is 23.6 Å². The van der Waals surface area contributed by atoms with Gasteiger partial charge in [-0.25, -0.2) is 0 Å². The number of hydrogen-bond acceptors (Lipinski definition) is 6. The van der Waals surface area contributed by atoms with E-state index < -0.39 is 0 Å². The van der Waals surface area contributed by atoms with E-state index in [1.165, 1.54) is 5.56 Å². The van der Waals surface area contributed by atoms with Crippen LogP contribution < -0.4 is 14.8 Å². The van der Waals surface area contributed by atoms with Crippen molar-refractivity contribution in [3.8, 4) is 11.5 Å². The Morgan fingerprint density at radius 3 is 2.46 bits per heavy atom. The minimum Gasteiger partial charge on any atom is -0.497 e. The van der Waals surface area contributed by atoms with Crippen molar-refractivity contribution < 1.29 is 18.7 Å². The van der Waals surface area contributed by atoms with Crippen molar-refractivity contribution >= 4 is 11.9 Å². The third-order valence-electron chi connectivity index (χ3n) is 4.35. The molecule has 7 nitrogen and oxygen atoms in total. The number of carbonyl (C=O) groups is 1. The minimum absolute atomic E-state index is 0.0812. The van der Waals surface area contributed by atoms with E-state index in [4.69, 9.17) is 13.9 Å². The predicted molar refractivity (Wildman–Crippen MR) is 105 cm³/mol. The van der Waals surface area contributed by atoms with Crippen LogP contribution in [-0.2, 0) is 24.1 Å². The van der Waals surface area contributed by atoms with E-state index in [-0.39, 0.29) is 18.3 Å². The third-order valence-corrected chi connectivity index (χ3v) is 4.35. The van der Waals surface area contributed by atoms with Crippen molar-refractivity contribution in [2.24, 2.45) is 0 Å². The summed E-state index contributed by atoms with van der Waals surface area (Å²) in [4.78, 5) is 12.3. The first-order chi connectivity index (χ1) is 13.6. The number of nitrogens with zero attached hydrogens (tertiary/aromatic N) is 2. The molecule has 28 heavy (non-hydrogen) atoms. The molecule has 1 aromatic heterocycles. The van der Waals surface area contributed by atoms with Crippen LogP contribution in [0.3, 0.4) is 0 Å². The highest BCUT2D eigenvalue weighted by Crippen LogP contribution is 2.25. The Balaban J connectivity index is 1.60. The first kappa shape index (κ1) is 19.4. The summed E-state index contributed by atoms with van der Waals surface area (Å²) in [6, 6.07) is 13.6. The summed E-state index contributed by atoms with van der Waals surface area (Å²) in [6.45, 7) is 2.11. The molecule has 1 amide bonds. The lowest BCUT2D eigenvalue weighted by molar-refractivity contribution is -0.115. The van der Waals surface area contributed by atoms with Crippen molar-refractivity contribution in [3.05, 3.63) is 65.0 Å². The van der Waals surface area contributed by atoms with Gasteiger partial charge in [0.05, 0.1) is 27.1 Å². The number of methoxy groups -OCH3 is 2. The van der Waals surface area contributed by atoms with Gasteiger partial charge < -0.3 is 13.9 Å². The lowest BCUT2D eigenvalue weighted by Gasteiger charge is -2.09. The van der Waals surface area contributed by atoms with Gasteiger partial charge >= 0.3 is 6.01 Å². The Kier molecular flexibility index (Phi) is 6.26. The highest BCUT2D eigenvalue weighted by Gasteiger charge is 2.14. The molecule has 2 aromatic carbocycles. The monoisotopic (exact) mass is 381 g/mol. The van der Waals surface area contributed by atoms with Crippen LogP contribution in [0.1, 0.15) is 29.5 Å². The molecular formula is C21H23N3O4. The summed E-state index contributed by atoms with van der Waals surface area (Å²) in [7, 11) is 3.12. The van der Waals surface area contributed by atoms with Crippen LogP contribution in [0.25, 0.3) is 0 Å². The first-order valence-electron chi connectivity index (χ1n) is 9.02. The van der Waals surface area contributed by atoms with E-state index in [0.29, 0.717) is 23.8 Å². The van der Waals surface area contributed by atoms with Crippen LogP contribution >= 0.6 is 0 Å². The molecule has 7 heteroatoms. The van der Waals surface area contributed by atoms with E-state index in [9.17, 15) is 4.79 Å². The topological polar surface area (TPSA) is 86.5 Å². The lowest BCUT2D eigenvalue weighted by Crippen LogP contribution is -2.15. The number of hydrogen-bond donors (Lipinski definition) is 1. The van der Waals surface area contributed by atoms with Gasteiger partial charge in [0.25, 0.3) is 0 Å². The van der Waals surface area contributed by atoms with E-state index in [1.807, 2.05) is 12.1 Å². The van der Waals surface area contributed by atoms with E-state index >= 15 is 0 Å². The van der Waals surface area contributed by atoms with Gasteiger partial charge in [-0.3, -0.25) is 10.1 Å². The van der Waals surface area contributed by atoms with Gasteiger partial charge in [-0.1, -0.05) is 42.4 Å². The number of nitrogens with one attached hydrogen (secondary N) is 1. The molecule has 0 bridgehead atoms. The summed E-state index contributed by atoms with van der Waals surface area (Å²) in [5, 5.41) is 10.5. The Morgan fingerprint density at radius 2 is 1.79 bits per heavy atom. The maximum atomic E-state index is 12.3. The number of aryl methyl sites for hydroxylation is 1. The molecule has 0 atom stereocenters. The normalized spacial score (nSPS) is 10.5. The minimum atomic E-state index is -0.272. The molecule has 146 valence electrons. The second kappa shape index (κ2) is 9.03. The Hall–Kier alpha value is -3.35. The highest BCUT2D eigenvalue weighted by atomic mass is 16.5. The molecule has 0 aliphatic heterocycles. The van der Waals surface area contributed by atoms with Crippen LogP contribution in [0.15, 0.2) is 46.9 Å². The fraction of sp³-hybridized carbons (Fsp3) is 0.286. The molecule has 0 aliphatic rings. The summed E-state index contributed by atoms with van der Waals surface area (Å²) in [5.74, 6) is 1.42. The summed E-state index contributed by atoms with van der Waals surface area (Å²) in [6.07, 6.45) is 1.62. The highest BCUT2D eigenvalue weighted by molar-refractivity contribution is 5.90. The Bertz CT molecular complexity index is 935. The van der Waals surface area contributed by atoms with Crippen molar-refractivity contribution in [1.29, 1.82) is 0 Å². The van der Waals surface area contributed by atoms with Crippen LogP contribution in [-0.4, -0.2) is 30.3 Å². The standard InChI is InChI=1S/C21H23N3O4/c1-4-14-5-7-15(8-6-14)11-20-23-24-21(28-20)22-19(25)12-16-9-10-17(26-2)13-18(16)27-3/h5-10,13H,4,11-12H2,1-3H3,(H,22,24,25). The van der Waals surface area contributed by atoms with Gasteiger partial charge in [0.1, 0.15) is 11.5 Å². The van der Waals surface area contributed by atoms with E-state index in [2.05, 4.69) is 34.6 Å². The largest absolute Gasteiger partial charge is 0.497 e. The SMILES string of the molecule is CCc1ccc(Cc2nnc(NC(=O)Cc3ccc(OC)cc3OC)o2)cc1. The number of amides is 1. The van der Waals surface area contributed by atoms with E-state index in [1.54, 1.807) is 32.4 Å². The van der Waals surface area contributed by atoms with Crippen molar-refractivity contribution in [3.63, 3.8) is 0 Å². The van der Waals surface area contributed by atoms with Crippen LogP contribution in [0.5, 0.6) is 11.5 Å². The van der Waals surface area contributed by atoms with Crippen molar-refractivity contribution in [1.82, 2.24) is 10.2 Å². The number of ether oxygens (including phenoxy) is 2. The zero-order valence-corrected chi connectivity index (χ0v) is 16.2. The fourth-order valence-electron chi connectivity index (χ4n) is 2.78. The maximum absolute atomic E-state index is 12.3. The number of rotatable bonds is 8. The Morgan fingerprint density at radius 1 is 1.04 bits per heavy atom. The first-order valence-corrected chi connectivity index (χ1v) is 9.02. The zero-order chi connectivity index (χ0) is 19.9. The van der Waals surface area contributed by atoms with Gasteiger partial charge in [0.15, 0.2) is 0 Å². The average Bonchev–Trinajstić information content (AvgIpc) is 3.15. The average molecular weight is 381 g/mol. The van der Waals surface area contributed by atoms with Gasteiger partial charge in [-0.15, -0.1) is 5.10 Å². The molecule has 0 saturated heterocycles. The van der Waals surface area contributed by atoms with Crippen molar-refractivity contribution in [2.45, 2.75) is 26.2 Å². The van der Waals surface area contributed by atoms with Gasteiger partial charge in [0, 0.05) is 11.6 Å². The number of anilines is 1. The second-order valence-electron chi connectivity index (χ2n) is 6.25. The molecule has 0 radical (unpaired) electrons. The number of benzene rings is 2. The molecule has 0 aliphatic carbocycles. The molecule has 3 rings (SSSR count). The van der Waals surface area contributed by atoms with Crippen molar-refractivity contribution in [2.75, 3.05) is 19.5 Å². The second-order valence-corrected chi connectivity index (χ2v) is 6.25. The maximum Gasteiger partial charge on any atom is 0.322 e. The fourth-order valence-corrected chi connectivity index (χ4v) is 2.78. The Labute approximate surface area is 163 Å². The summed E-state index contributed by atoms with van der Waals surface area (Å²) >= 11 is 0. The third kappa shape index (κ3) is 4.88. The molecule has 0 fully saturated rings. The van der Waals surface area contributed by atoms with Crippen LogP contribution in [0, 0.1) is 0 Å². The van der Waals surface area contributed by atoms with E-state index in [0.717, 1.165) is 17.5 Å². The predicted octanol–water partition coefficient (Wildman–Crippen LogP) is 3.42. The lowest BCUT2D eigenvalue weighted by atomic mass is 10.1. The van der Waals surface area contributed by atoms with Gasteiger partial charge in [0.2, 0.25) is 11.8 Å². The molecule has 0 saturated carbocycles. The van der Waals surface area contributed by atoms with Gasteiger partial charge in [-0.2, -0.15) is 0 Å². The molecular weight excluding hydrogens is 358 g/mol. The molecule has 0 spiro atoms. The smallest absolute Gasteiger partial charge is 0.322 e.